The fourth-order valence-corrected chi connectivity index (χ4v) is 15.0. The molecule has 3 saturated heterocycles. The van der Waals surface area contributed by atoms with Gasteiger partial charge in [-0.3, -0.25) is 62.3 Å². The van der Waals surface area contributed by atoms with Gasteiger partial charge in [0.15, 0.2) is 25.0 Å². The van der Waals surface area contributed by atoms with Gasteiger partial charge >= 0.3 is 35.8 Å². The number of carbonyl (C=O) groups excluding carboxylic acids is 13. The Balaban J connectivity index is 1.19. The number of carbonyl (C=O) groups is 13. The molecule has 3 aliphatic heterocycles. The maximum atomic E-state index is 15.1. The third-order valence-electron chi connectivity index (χ3n) is 21.0. The van der Waals surface area contributed by atoms with Crippen molar-refractivity contribution < 1.29 is 138 Å². The predicted molar refractivity (Wildman–Crippen MR) is 440 cm³/mol. The van der Waals surface area contributed by atoms with Crippen molar-refractivity contribution in [1.82, 2.24) is 36.4 Å². The number of aliphatic hydroxyl groups is 1. The summed E-state index contributed by atoms with van der Waals surface area (Å²) in [4.78, 5) is 169. The lowest BCUT2D eigenvalue weighted by atomic mass is 9.80. The Kier molecular flexibility index (Phi) is 43.6. The van der Waals surface area contributed by atoms with Crippen LogP contribution in [0.1, 0.15) is 177 Å². The van der Waals surface area contributed by atoms with Crippen molar-refractivity contribution in [3.05, 3.63) is 95.6 Å². The molecule has 123 heavy (non-hydrogen) atoms. The average molecular weight is 1730 g/mol. The summed E-state index contributed by atoms with van der Waals surface area (Å²) in [6.45, 7) is 16.0. The lowest BCUT2D eigenvalue weighted by Gasteiger charge is -2.44. The molecule has 3 aliphatic rings. The minimum Gasteiger partial charge on any atom is -0.497 e. The number of nitrogens with zero attached hydrogens (tertiary/aromatic N) is 2. The lowest BCUT2D eigenvalue weighted by molar-refractivity contribution is -0.262. The highest BCUT2D eigenvalue weighted by atomic mass is 16.7. The zero-order valence-electron chi connectivity index (χ0n) is 73.2. The van der Waals surface area contributed by atoms with Crippen molar-refractivity contribution >= 4 is 77.2 Å². The number of benzene rings is 3. The number of ether oxygens (including phenoxy) is 15. The van der Waals surface area contributed by atoms with E-state index in [1.807, 2.05) is 54.6 Å². The second-order valence-corrected chi connectivity index (χ2v) is 30.8. The minimum absolute atomic E-state index is 0.000614. The molecule has 6 N–H and O–H groups in total. The molecule has 0 bridgehead atoms. The molecule has 0 aromatic heterocycles. The quantitative estimate of drug-likeness (QED) is 0.0186. The Bertz CT molecular complexity index is 3820. The normalized spacial score (nSPS) is 22.6. The van der Waals surface area contributed by atoms with Crippen LogP contribution in [0, 0.1) is 17.8 Å². The van der Waals surface area contributed by atoms with Gasteiger partial charge in [0.1, 0.15) is 73.5 Å². The van der Waals surface area contributed by atoms with Crippen LogP contribution in [0.15, 0.2) is 78.9 Å². The smallest absolute Gasteiger partial charge is 0.303 e. The van der Waals surface area contributed by atoms with E-state index in [2.05, 4.69) is 26.6 Å². The number of hydrogen-bond donors (Lipinski definition) is 6. The monoisotopic (exact) mass is 1730 g/mol. The number of methoxy groups -OCH3 is 2. The van der Waals surface area contributed by atoms with Gasteiger partial charge in [-0.2, -0.15) is 0 Å². The van der Waals surface area contributed by atoms with Crippen molar-refractivity contribution in [2.45, 2.75) is 245 Å². The molecular weight excluding hydrogens is 1610 g/mol. The van der Waals surface area contributed by atoms with Crippen molar-refractivity contribution in [2.24, 2.45) is 17.8 Å². The molecule has 684 valence electrons. The molecule has 16 atom stereocenters. The fraction of sp³-hybridized carbons (Fsp3) is 0.644. The Hall–Kier alpha value is -9.95. The molecule has 36 nitrogen and oxygen atoms in total. The van der Waals surface area contributed by atoms with E-state index in [0.29, 0.717) is 73.1 Å². The average Bonchev–Trinajstić information content (AvgIpc) is 0.750. The van der Waals surface area contributed by atoms with E-state index in [9.17, 15) is 62.6 Å². The Morgan fingerprint density at radius 2 is 0.748 bits per heavy atom. The summed E-state index contributed by atoms with van der Waals surface area (Å²) in [6, 6.07) is 21.5. The molecule has 3 aromatic rings. The van der Waals surface area contributed by atoms with E-state index in [4.69, 9.17) is 71.1 Å². The summed E-state index contributed by atoms with van der Waals surface area (Å²) in [5.74, 6) is -6.84. The number of esters is 6. The molecule has 3 fully saturated rings. The Morgan fingerprint density at radius 1 is 0.415 bits per heavy atom. The molecule has 0 spiro atoms. The van der Waals surface area contributed by atoms with E-state index in [0.717, 1.165) is 0 Å². The van der Waals surface area contributed by atoms with Crippen molar-refractivity contribution in [1.29, 1.82) is 0 Å². The minimum atomic E-state index is -1.78. The lowest BCUT2D eigenvalue weighted by Crippen LogP contribution is -2.62. The van der Waals surface area contributed by atoms with Gasteiger partial charge in [0, 0.05) is 158 Å². The summed E-state index contributed by atoms with van der Waals surface area (Å²) in [5, 5.41) is 26.6. The van der Waals surface area contributed by atoms with Gasteiger partial charge in [0.05, 0.1) is 39.0 Å². The maximum absolute atomic E-state index is 15.1. The number of unbranched alkanes of at least 4 members (excludes halogenated alkanes) is 3. The van der Waals surface area contributed by atoms with Gasteiger partial charge in [-0.25, -0.2) is 0 Å². The van der Waals surface area contributed by atoms with Crippen molar-refractivity contribution in [3.8, 4) is 11.5 Å². The number of hydrogen-bond acceptors (Lipinski definition) is 29. The van der Waals surface area contributed by atoms with Crippen LogP contribution < -0.4 is 36.1 Å². The van der Waals surface area contributed by atoms with Crippen LogP contribution in [0.3, 0.4) is 0 Å². The van der Waals surface area contributed by atoms with Gasteiger partial charge in [-0.15, -0.1) is 0 Å². The third-order valence-corrected chi connectivity index (χ3v) is 21.0. The Morgan fingerprint density at radius 3 is 1.09 bits per heavy atom. The van der Waals surface area contributed by atoms with Gasteiger partial charge in [0.2, 0.25) is 35.4 Å². The molecule has 3 aromatic carbocycles. The van der Waals surface area contributed by atoms with E-state index in [1.54, 1.807) is 64.2 Å². The molecule has 0 aliphatic carbocycles. The van der Waals surface area contributed by atoms with Gasteiger partial charge in [-0.05, 0) is 98.7 Å². The zero-order valence-corrected chi connectivity index (χ0v) is 73.2. The summed E-state index contributed by atoms with van der Waals surface area (Å²) >= 11 is 0. The molecule has 0 radical (unpaired) electrons. The van der Waals surface area contributed by atoms with E-state index >= 15 is 4.79 Å². The van der Waals surface area contributed by atoms with Crippen molar-refractivity contribution in [3.63, 3.8) is 0 Å². The van der Waals surface area contributed by atoms with Crippen LogP contribution in [-0.4, -0.2) is 272 Å². The first-order valence-electron chi connectivity index (χ1n) is 42.0. The number of amides is 7. The SMILES string of the molecule is COc1ccc(C(OCC(O)C(=O)N(CCCNC(=O)CCCCO[C@@H]2OC(COC(C)=O)[C@H](OC(C)=O)[C@H](C)C2NC(C)=O)CCCN(CCCNC(=O)CCCCO[C@@H]2OC(COC(C)=O)[C@H](OC(C)=O)[C@H](C)C2NC(C)=O)C(=O)CCCCO[C@@H]2OC(COC(C)=O)[C@H](OC(C)=O)[C@H](C)C2NC(C)=O)(c2ccccc2)c2ccc(OC)cc2)cc1. The van der Waals surface area contributed by atoms with Crippen LogP contribution >= 0.6 is 0 Å². The highest BCUT2D eigenvalue weighted by Crippen LogP contribution is 2.42. The maximum Gasteiger partial charge on any atom is 0.303 e. The number of rotatable bonds is 51. The second-order valence-electron chi connectivity index (χ2n) is 30.8. The highest BCUT2D eigenvalue weighted by molar-refractivity contribution is 5.81. The fourth-order valence-electron chi connectivity index (χ4n) is 15.0. The van der Waals surface area contributed by atoms with Gasteiger partial charge in [0.25, 0.3) is 5.91 Å². The Labute approximate surface area is 719 Å². The number of aliphatic hydroxyl groups excluding tert-OH is 1. The predicted octanol–water partition coefficient (Wildman–Crippen LogP) is 5.08. The van der Waals surface area contributed by atoms with E-state index in [-0.39, 0.29) is 141 Å². The van der Waals surface area contributed by atoms with Crippen LogP contribution in [0.4, 0.5) is 0 Å². The van der Waals surface area contributed by atoms with Gasteiger partial charge < -0.3 is 113 Å². The van der Waals surface area contributed by atoms with Crippen LogP contribution in [0.5, 0.6) is 11.5 Å². The largest absolute Gasteiger partial charge is 0.497 e. The summed E-state index contributed by atoms with van der Waals surface area (Å²) in [6.07, 6.45) is -7.47. The van der Waals surface area contributed by atoms with Crippen LogP contribution in [-0.2, 0) is 130 Å². The van der Waals surface area contributed by atoms with E-state index < -0.39 is 157 Å². The molecular formula is C87H127N7O29. The summed E-state index contributed by atoms with van der Waals surface area (Å²) in [7, 11) is 3.09. The first-order valence-corrected chi connectivity index (χ1v) is 42.0. The summed E-state index contributed by atoms with van der Waals surface area (Å²) < 4.78 is 87.5. The molecule has 7 amide bonds. The molecule has 0 saturated carbocycles. The molecule has 3 heterocycles. The third kappa shape index (κ3) is 33.6. The molecule has 36 heteroatoms. The molecule has 6 rings (SSSR count). The first kappa shape index (κ1) is 102. The highest BCUT2D eigenvalue weighted by Gasteiger charge is 2.51. The molecule has 7 unspecified atom stereocenters. The summed E-state index contributed by atoms with van der Waals surface area (Å²) in [5.41, 5.74) is 0.520. The topological polar surface area (TPSA) is 447 Å². The number of nitrogens with one attached hydrogen (secondary N) is 5. The van der Waals surface area contributed by atoms with E-state index in [1.165, 1.54) is 67.2 Å². The standard InChI is InChI=1S/C87H127N7O29/c1-53-77(90-56(4)95)84(121-71(50-114-59(7)98)80(53)118-62(10)101)111-46-21-18-29-74(105)88-40-24-42-93(76(107)31-20-23-48-113-86-79(92-58(6)97)55(3)82(120-64(12)103)73(123-86)52-116-61(9)100)44-26-45-94(43-25-41-89-75(106)30-19-22-47-112-85-78(91-57(5)96)54(2)81(119-63(11)102)72(122-85)51-115-60(8)99)83(108)70(104)49-117-87(65-27-16-15-17-28-65,66-32-36-68(109-13)37-33-66)67-34-38-69(110-14)39-35-67/h15-17,27-28,32-39,53-55,70-73,77-82,84-86,104H,18-26,29-31,40-52H2,1-14H3,(H,88,105)(H,89,106)(H,90,95)(H,91,96)(H,92,97)/t53-,54-,55-,70?,71?,72?,73?,77?,78?,79?,80-,81-,82-,84-,85-,86-/m1/s1. The van der Waals surface area contributed by atoms with Gasteiger partial charge in [-0.1, -0.05) is 75.4 Å². The van der Waals surface area contributed by atoms with Crippen molar-refractivity contribution in [2.75, 3.05) is 99.7 Å². The van der Waals surface area contributed by atoms with Crippen LogP contribution in [0.2, 0.25) is 0 Å². The second kappa shape index (κ2) is 52.6. The first-order chi connectivity index (χ1) is 58.6. The van der Waals surface area contributed by atoms with Crippen LogP contribution in [0.25, 0.3) is 0 Å². The zero-order chi connectivity index (χ0) is 90.3.